The molecular weight excluding hydrogens is 429 g/mol. The number of benzene rings is 2. The number of piperazine rings is 1. The largest absolute Gasteiger partial charge is 0.484 e. The van der Waals surface area contributed by atoms with Crippen molar-refractivity contribution < 1.29 is 14.5 Å². The average Bonchev–Trinajstić information content (AvgIpc) is 2.65. The molecule has 0 atom stereocenters. The van der Waals surface area contributed by atoms with Gasteiger partial charge in [-0.05, 0) is 30.3 Å². The van der Waals surface area contributed by atoms with Gasteiger partial charge in [-0.1, -0.05) is 34.8 Å². The van der Waals surface area contributed by atoms with Crippen molar-refractivity contribution >= 4 is 52.1 Å². The van der Waals surface area contributed by atoms with Crippen LogP contribution in [0.3, 0.4) is 0 Å². The lowest BCUT2D eigenvalue weighted by Gasteiger charge is -2.35. The van der Waals surface area contributed by atoms with Crippen molar-refractivity contribution in [2.45, 2.75) is 0 Å². The molecule has 1 aliphatic heterocycles. The normalized spacial score (nSPS) is 14.1. The molecule has 10 heteroatoms. The van der Waals surface area contributed by atoms with Crippen LogP contribution >= 0.6 is 34.8 Å². The fourth-order valence-electron chi connectivity index (χ4n) is 2.96. The molecule has 0 unspecified atom stereocenters. The Labute approximate surface area is 176 Å². The first kappa shape index (κ1) is 20.5. The first-order chi connectivity index (χ1) is 13.3. The summed E-state index contributed by atoms with van der Waals surface area (Å²) in [4.78, 5) is 26.7. The minimum atomic E-state index is -0.456. The van der Waals surface area contributed by atoms with Crippen molar-refractivity contribution in [2.24, 2.45) is 0 Å². The predicted octanol–water partition coefficient (Wildman–Crippen LogP) is 4.28. The van der Waals surface area contributed by atoms with Gasteiger partial charge < -0.3 is 14.5 Å². The molecule has 28 heavy (non-hydrogen) atoms. The lowest BCUT2D eigenvalue weighted by Crippen LogP contribution is -2.50. The van der Waals surface area contributed by atoms with Crippen LogP contribution in [-0.2, 0) is 4.79 Å². The third-order valence-corrected chi connectivity index (χ3v) is 4.98. The van der Waals surface area contributed by atoms with E-state index in [1.165, 1.54) is 6.07 Å². The van der Waals surface area contributed by atoms with Crippen molar-refractivity contribution in [1.29, 1.82) is 0 Å². The molecule has 0 bridgehead atoms. The summed E-state index contributed by atoms with van der Waals surface area (Å²) in [5, 5.41) is 12.4. The number of nitrogens with zero attached hydrogens (tertiary/aromatic N) is 3. The zero-order valence-electron chi connectivity index (χ0n) is 14.6. The number of hydrogen-bond acceptors (Lipinski definition) is 5. The standard InChI is InChI=1S/C18H16Cl3N3O4/c19-12-1-2-16(17(10-12)24(26)27)22-3-5-23(6-4-22)18(25)11-28-15-8-13(20)7-14(21)9-15/h1-2,7-10H,3-6,11H2. The van der Waals surface area contributed by atoms with Gasteiger partial charge in [0.25, 0.3) is 11.6 Å². The Balaban J connectivity index is 1.58. The number of hydrogen-bond donors (Lipinski definition) is 0. The van der Waals surface area contributed by atoms with Crippen LogP contribution in [0, 0.1) is 10.1 Å². The van der Waals surface area contributed by atoms with Gasteiger partial charge in [-0.3, -0.25) is 14.9 Å². The molecule has 1 saturated heterocycles. The van der Waals surface area contributed by atoms with E-state index in [1.54, 1.807) is 35.2 Å². The van der Waals surface area contributed by atoms with Gasteiger partial charge in [0, 0.05) is 47.3 Å². The highest BCUT2D eigenvalue weighted by atomic mass is 35.5. The molecule has 0 radical (unpaired) electrons. The van der Waals surface area contributed by atoms with Crippen molar-refractivity contribution in [3.05, 3.63) is 61.6 Å². The number of carbonyl (C=O) groups excluding carboxylic acids is 1. The summed E-state index contributed by atoms with van der Waals surface area (Å²) in [7, 11) is 0. The van der Waals surface area contributed by atoms with Gasteiger partial charge in [-0.15, -0.1) is 0 Å². The van der Waals surface area contributed by atoms with Gasteiger partial charge in [-0.2, -0.15) is 0 Å². The van der Waals surface area contributed by atoms with E-state index in [-0.39, 0.29) is 18.2 Å². The maximum Gasteiger partial charge on any atom is 0.294 e. The van der Waals surface area contributed by atoms with Crippen LogP contribution in [0.15, 0.2) is 36.4 Å². The molecule has 0 aliphatic carbocycles. The lowest BCUT2D eigenvalue weighted by atomic mass is 10.2. The average molecular weight is 445 g/mol. The molecule has 0 spiro atoms. The number of nitro groups is 1. The molecule has 148 valence electrons. The highest BCUT2D eigenvalue weighted by Crippen LogP contribution is 2.31. The highest BCUT2D eigenvalue weighted by Gasteiger charge is 2.26. The predicted molar refractivity (Wildman–Crippen MR) is 109 cm³/mol. The molecule has 0 saturated carbocycles. The number of halogens is 3. The van der Waals surface area contributed by atoms with Crippen molar-refractivity contribution in [2.75, 3.05) is 37.7 Å². The van der Waals surface area contributed by atoms with Crippen LogP contribution in [0.4, 0.5) is 11.4 Å². The third-order valence-electron chi connectivity index (χ3n) is 4.31. The van der Waals surface area contributed by atoms with Gasteiger partial charge in [0.15, 0.2) is 6.61 Å². The smallest absolute Gasteiger partial charge is 0.294 e. The van der Waals surface area contributed by atoms with Crippen molar-refractivity contribution in [1.82, 2.24) is 4.90 Å². The van der Waals surface area contributed by atoms with Crippen LogP contribution in [0.2, 0.25) is 15.1 Å². The Bertz CT molecular complexity index is 881. The summed E-state index contributed by atoms with van der Waals surface area (Å²) in [6.07, 6.45) is 0. The van der Waals surface area contributed by atoms with E-state index >= 15 is 0 Å². The number of anilines is 1. The fourth-order valence-corrected chi connectivity index (χ4v) is 3.63. The molecule has 0 N–H and O–H groups in total. The Morgan fingerprint density at radius 3 is 2.25 bits per heavy atom. The Hall–Kier alpha value is -2.22. The van der Waals surface area contributed by atoms with E-state index in [2.05, 4.69) is 0 Å². The highest BCUT2D eigenvalue weighted by molar-refractivity contribution is 6.34. The zero-order chi connectivity index (χ0) is 20.3. The first-order valence-corrected chi connectivity index (χ1v) is 9.52. The van der Waals surface area contributed by atoms with Crippen molar-refractivity contribution in [3.8, 4) is 5.75 Å². The number of rotatable bonds is 5. The molecule has 1 heterocycles. The van der Waals surface area contributed by atoms with Crippen molar-refractivity contribution in [3.63, 3.8) is 0 Å². The van der Waals surface area contributed by atoms with E-state index in [0.29, 0.717) is 52.7 Å². The maximum atomic E-state index is 12.4. The molecular formula is C18H16Cl3N3O4. The van der Waals surface area contributed by atoms with Crippen LogP contribution < -0.4 is 9.64 Å². The van der Waals surface area contributed by atoms with Gasteiger partial charge in [0.1, 0.15) is 11.4 Å². The first-order valence-electron chi connectivity index (χ1n) is 8.39. The van der Waals surface area contributed by atoms with Gasteiger partial charge >= 0.3 is 0 Å². The van der Waals surface area contributed by atoms with Gasteiger partial charge in [0.05, 0.1) is 4.92 Å². The number of carbonyl (C=O) groups is 1. The Morgan fingerprint density at radius 2 is 1.64 bits per heavy atom. The van der Waals surface area contributed by atoms with Crippen LogP contribution in [0.5, 0.6) is 5.75 Å². The minimum Gasteiger partial charge on any atom is -0.484 e. The molecule has 1 aliphatic rings. The molecule has 0 aromatic heterocycles. The monoisotopic (exact) mass is 443 g/mol. The second kappa shape index (κ2) is 8.86. The molecule has 3 rings (SSSR count). The molecule has 1 fully saturated rings. The number of amides is 1. The molecule has 2 aromatic rings. The second-order valence-electron chi connectivity index (χ2n) is 6.15. The summed E-state index contributed by atoms with van der Waals surface area (Å²) < 4.78 is 5.48. The fraction of sp³-hybridized carbons (Fsp3) is 0.278. The summed E-state index contributed by atoms with van der Waals surface area (Å²) in [5.41, 5.74) is 0.444. The summed E-state index contributed by atoms with van der Waals surface area (Å²) in [6, 6.07) is 9.32. The molecule has 2 aromatic carbocycles. The van der Waals surface area contributed by atoms with Gasteiger partial charge in [-0.25, -0.2) is 0 Å². The minimum absolute atomic E-state index is 0.0477. The maximum absolute atomic E-state index is 12.4. The number of ether oxygens (including phenoxy) is 1. The van der Waals surface area contributed by atoms with E-state index in [0.717, 1.165) is 0 Å². The second-order valence-corrected chi connectivity index (χ2v) is 7.46. The summed E-state index contributed by atoms with van der Waals surface area (Å²) in [6.45, 7) is 1.66. The Kier molecular flexibility index (Phi) is 6.49. The van der Waals surface area contributed by atoms with E-state index in [9.17, 15) is 14.9 Å². The van der Waals surface area contributed by atoms with E-state index in [1.807, 2.05) is 4.90 Å². The molecule has 7 nitrogen and oxygen atoms in total. The summed E-state index contributed by atoms with van der Waals surface area (Å²) >= 11 is 17.7. The SMILES string of the molecule is O=C(COc1cc(Cl)cc(Cl)c1)N1CCN(c2ccc(Cl)cc2[N+](=O)[O-])CC1. The molecule has 1 amide bonds. The lowest BCUT2D eigenvalue weighted by molar-refractivity contribution is -0.384. The number of nitro benzene ring substituents is 1. The van der Waals surface area contributed by atoms with E-state index in [4.69, 9.17) is 39.5 Å². The quantitative estimate of drug-likeness (QED) is 0.508. The third kappa shape index (κ3) is 4.98. The van der Waals surface area contributed by atoms with E-state index < -0.39 is 4.92 Å². The van der Waals surface area contributed by atoms with Gasteiger partial charge in [0.2, 0.25) is 0 Å². The zero-order valence-corrected chi connectivity index (χ0v) is 16.9. The Morgan fingerprint density at radius 1 is 1.00 bits per heavy atom. The summed E-state index contributed by atoms with van der Waals surface area (Å²) in [5.74, 6) is 0.239. The van der Waals surface area contributed by atoms with Crippen LogP contribution in [-0.4, -0.2) is 48.5 Å². The van der Waals surface area contributed by atoms with Crippen LogP contribution in [0.1, 0.15) is 0 Å². The van der Waals surface area contributed by atoms with Crippen LogP contribution in [0.25, 0.3) is 0 Å². The topological polar surface area (TPSA) is 75.9 Å².